The summed E-state index contributed by atoms with van der Waals surface area (Å²) in [6.45, 7) is 8.95. The van der Waals surface area contributed by atoms with Crippen LogP contribution in [0.15, 0.2) is 0 Å². The molecule has 1 saturated heterocycles. The highest BCUT2D eigenvalue weighted by Gasteiger charge is 2.23. The normalized spacial score (nSPS) is 19.9. The summed E-state index contributed by atoms with van der Waals surface area (Å²) < 4.78 is 5.33. The zero-order chi connectivity index (χ0) is 12.7. The highest BCUT2D eigenvalue weighted by atomic mass is 16.5. The lowest BCUT2D eigenvalue weighted by Gasteiger charge is -2.29. The van der Waals surface area contributed by atoms with Crippen LogP contribution in [0.5, 0.6) is 0 Å². The van der Waals surface area contributed by atoms with Crippen molar-refractivity contribution in [2.24, 2.45) is 0 Å². The SMILES string of the molecule is CCCOCC(=O)N(CC1CCCN1)C(C)C. The van der Waals surface area contributed by atoms with Crippen molar-refractivity contribution in [2.45, 2.75) is 52.1 Å². The molecule has 0 spiro atoms. The average molecular weight is 242 g/mol. The molecule has 1 fully saturated rings. The average Bonchev–Trinajstić information content (AvgIpc) is 2.78. The number of carbonyl (C=O) groups excluding carboxylic acids is 1. The van der Waals surface area contributed by atoms with Crippen molar-refractivity contribution in [2.75, 3.05) is 26.3 Å². The summed E-state index contributed by atoms with van der Waals surface area (Å²) in [5.74, 6) is 0.113. The molecule has 0 saturated carbocycles. The number of nitrogens with zero attached hydrogens (tertiary/aromatic N) is 1. The largest absolute Gasteiger partial charge is 0.372 e. The maximum atomic E-state index is 12.0. The molecule has 100 valence electrons. The molecule has 1 aliphatic heterocycles. The number of ether oxygens (including phenoxy) is 1. The number of carbonyl (C=O) groups is 1. The van der Waals surface area contributed by atoms with Gasteiger partial charge in [0, 0.05) is 25.2 Å². The second-order valence-electron chi connectivity index (χ2n) is 4.99. The molecule has 1 unspecified atom stereocenters. The van der Waals surface area contributed by atoms with Gasteiger partial charge in [-0.05, 0) is 39.7 Å². The fourth-order valence-electron chi connectivity index (χ4n) is 2.14. The highest BCUT2D eigenvalue weighted by molar-refractivity contribution is 5.77. The van der Waals surface area contributed by atoms with E-state index >= 15 is 0 Å². The third-order valence-electron chi connectivity index (χ3n) is 3.10. The first kappa shape index (κ1) is 14.5. The van der Waals surface area contributed by atoms with Gasteiger partial charge in [-0.15, -0.1) is 0 Å². The highest BCUT2D eigenvalue weighted by Crippen LogP contribution is 2.09. The first-order chi connectivity index (χ1) is 8.15. The molecule has 1 rings (SSSR count). The van der Waals surface area contributed by atoms with Crippen LogP contribution in [-0.2, 0) is 9.53 Å². The Balaban J connectivity index is 2.37. The fraction of sp³-hybridized carbons (Fsp3) is 0.923. The second-order valence-corrected chi connectivity index (χ2v) is 4.99. The summed E-state index contributed by atoms with van der Waals surface area (Å²) in [6, 6.07) is 0.711. The molecule has 4 heteroatoms. The van der Waals surface area contributed by atoms with E-state index in [0.717, 1.165) is 19.5 Å². The summed E-state index contributed by atoms with van der Waals surface area (Å²) in [7, 11) is 0. The van der Waals surface area contributed by atoms with E-state index < -0.39 is 0 Å². The van der Waals surface area contributed by atoms with Crippen LogP contribution in [0.25, 0.3) is 0 Å². The van der Waals surface area contributed by atoms with Crippen LogP contribution in [0.3, 0.4) is 0 Å². The minimum atomic E-state index is 0.113. The second kappa shape index (κ2) is 7.67. The van der Waals surface area contributed by atoms with Gasteiger partial charge in [0.25, 0.3) is 0 Å². The molecule has 17 heavy (non-hydrogen) atoms. The van der Waals surface area contributed by atoms with Gasteiger partial charge in [0.1, 0.15) is 6.61 Å². The quantitative estimate of drug-likeness (QED) is 0.686. The van der Waals surface area contributed by atoms with Crippen LogP contribution in [0.2, 0.25) is 0 Å². The van der Waals surface area contributed by atoms with Crippen molar-refractivity contribution >= 4 is 5.91 Å². The van der Waals surface area contributed by atoms with Gasteiger partial charge in [0.15, 0.2) is 0 Å². The molecule has 1 heterocycles. The van der Waals surface area contributed by atoms with E-state index in [1.165, 1.54) is 12.8 Å². The number of nitrogens with one attached hydrogen (secondary N) is 1. The Hall–Kier alpha value is -0.610. The topological polar surface area (TPSA) is 41.6 Å². The van der Waals surface area contributed by atoms with E-state index in [1.54, 1.807) is 0 Å². The lowest BCUT2D eigenvalue weighted by molar-refractivity contribution is -0.138. The smallest absolute Gasteiger partial charge is 0.248 e. The Morgan fingerprint density at radius 3 is 2.82 bits per heavy atom. The molecule has 0 bridgehead atoms. The first-order valence-corrected chi connectivity index (χ1v) is 6.75. The molecule has 0 aromatic rings. The lowest BCUT2D eigenvalue weighted by atomic mass is 10.2. The predicted molar refractivity (Wildman–Crippen MR) is 69.0 cm³/mol. The number of rotatable bonds is 7. The Labute approximate surface area is 105 Å². The zero-order valence-electron chi connectivity index (χ0n) is 11.4. The van der Waals surface area contributed by atoms with Crippen LogP contribution < -0.4 is 5.32 Å². The molecular weight excluding hydrogens is 216 g/mol. The monoisotopic (exact) mass is 242 g/mol. The van der Waals surface area contributed by atoms with Crippen LogP contribution in [0, 0.1) is 0 Å². The van der Waals surface area contributed by atoms with E-state index in [2.05, 4.69) is 19.2 Å². The van der Waals surface area contributed by atoms with E-state index in [0.29, 0.717) is 12.6 Å². The maximum absolute atomic E-state index is 12.0. The third-order valence-corrected chi connectivity index (χ3v) is 3.10. The van der Waals surface area contributed by atoms with Crippen molar-refractivity contribution in [1.29, 1.82) is 0 Å². The van der Waals surface area contributed by atoms with Crippen LogP contribution in [0.1, 0.15) is 40.0 Å². The van der Waals surface area contributed by atoms with Gasteiger partial charge >= 0.3 is 0 Å². The van der Waals surface area contributed by atoms with Crippen molar-refractivity contribution in [1.82, 2.24) is 10.2 Å². The number of amides is 1. The van der Waals surface area contributed by atoms with Crippen LogP contribution in [-0.4, -0.2) is 49.2 Å². The van der Waals surface area contributed by atoms with E-state index in [1.807, 2.05) is 11.8 Å². The van der Waals surface area contributed by atoms with Crippen LogP contribution in [0.4, 0.5) is 0 Å². The van der Waals surface area contributed by atoms with Gasteiger partial charge in [-0.3, -0.25) is 4.79 Å². The lowest BCUT2D eigenvalue weighted by Crippen LogP contribution is -2.46. The zero-order valence-corrected chi connectivity index (χ0v) is 11.4. The third kappa shape index (κ3) is 5.04. The minimum Gasteiger partial charge on any atom is -0.372 e. The van der Waals surface area contributed by atoms with Gasteiger partial charge in [-0.2, -0.15) is 0 Å². The Morgan fingerprint density at radius 1 is 1.53 bits per heavy atom. The molecule has 0 aliphatic carbocycles. The molecule has 0 aromatic heterocycles. The van der Waals surface area contributed by atoms with Crippen LogP contribution >= 0.6 is 0 Å². The Bertz CT molecular complexity index is 225. The molecule has 0 radical (unpaired) electrons. The summed E-state index contributed by atoms with van der Waals surface area (Å²) in [5, 5.41) is 3.43. The van der Waals surface area contributed by atoms with Gasteiger partial charge in [0.05, 0.1) is 0 Å². The number of hydrogen-bond donors (Lipinski definition) is 1. The fourth-order valence-corrected chi connectivity index (χ4v) is 2.14. The minimum absolute atomic E-state index is 0.113. The van der Waals surface area contributed by atoms with Crippen molar-refractivity contribution < 1.29 is 9.53 Å². The molecule has 1 amide bonds. The van der Waals surface area contributed by atoms with E-state index in [-0.39, 0.29) is 18.6 Å². The van der Waals surface area contributed by atoms with Gasteiger partial charge in [-0.1, -0.05) is 6.92 Å². The predicted octanol–water partition coefficient (Wildman–Crippen LogP) is 1.40. The summed E-state index contributed by atoms with van der Waals surface area (Å²) in [6.07, 6.45) is 3.35. The van der Waals surface area contributed by atoms with Gasteiger partial charge in [-0.25, -0.2) is 0 Å². The molecular formula is C13H26N2O2. The molecule has 0 aromatic carbocycles. The van der Waals surface area contributed by atoms with Crippen molar-refractivity contribution in [3.63, 3.8) is 0 Å². The van der Waals surface area contributed by atoms with Gasteiger partial charge in [0.2, 0.25) is 5.91 Å². The summed E-state index contributed by atoms with van der Waals surface area (Å²) in [4.78, 5) is 13.9. The van der Waals surface area contributed by atoms with E-state index in [4.69, 9.17) is 4.74 Å². The Kier molecular flexibility index (Phi) is 6.52. The summed E-state index contributed by atoms with van der Waals surface area (Å²) >= 11 is 0. The standard InChI is InChI=1S/C13H26N2O2/c1-4-8-17-10-13(16)15(11(2)3)9-12-6-5-7-14-12/h11-12,14H,4-10H2,1-3H3. The maximum Gasteiger partial charge on any atom is 0.248 e. The molecule has 1 atom stereocenters. The molecule has 4 nitrogen and oxygen atoms in total. The first-order valence-electron chi connectivity index (χ1n) is 6.75. The van der Waals surface area contributed by atoms with Gasteiger partial charge < -0.3 is 15.0 Å². The molecule has 1 N–H and O–H groups in total. The van der Waals surface area contributed by atoms with E-state index in [9.17, 15) is 4.79 Å². The molecule has 1 aliphatic rings. The van der Waals surface area contributed by atoms with Crippen molar-refractivity contribution in [3.05, 3.63) is 0 Å². The summed E-state index contributed by atoms with van der Waals surface area (Å²) in [5.41, 5.74) is 0. The Morgan fingerprint density at radius 2 is 2.29 bits per heavy atom. The van der Waals surface area contributed by atoms with Crippen molar-refractivity contribution in [3.8, 4) is 0 Å². The number of hydrogen-bond acceptors (Lipinski definition) is 3.